The van der Waals surface area contributed by atoms with Crippen LogP contribution in [0.3, 0.4) is 0 Å². The molecule has 7 heteroatoms. The summed E-state index contributed by atoms with van der Waals surface area (Å²) < 4.78 is 10.4. The van der Waals surface area contributed by atoms with Crippen LogP contribution < -0.4 is 20.7 Å². The molecule has 0 bridgehead atoms. The maximum absolute atomic E-state index is 12.2. The van der Waals surface area contributed by atoms with Crippen LogP contribution in [0.15, 0.2) is 48.5 Å². The van der Waals surface area contributed by atoms with E-state index in [1.165, 1.54) is 0 Å². The van der Waals surface area contributed by atoms with Crippen LogP contribution in [-0.4, -0.2) is 44.7 Å². The van der Waals surface area contributed by atoms with Crippen molar-refractivity contribution in [1.29, 1.82) is 0 Å². The molecule has 3 N–H and O–H groups in total. The van der Waals surface area contributed by atoms with E-state index >= 15 is 0 Å². The fraction of sp³-hybridized carbons (Fsp3) is 0.333. The zero-order valence-corrected chi connectivity index (χ0v) is 16.5. The number of methoxy groups -OCH3 is 1. The highest BCUT2D eigenvalue weighted by atomic mass is 16.5. The van der Waals surface area contributed by atoms with Crippen molar-refractivity contribution in [3.8, 4) is 5.75 Å². The molecule has 2 aromatic rings. The lowest BCUT2D eigenvalue weighted by Gasteiger charge is -2.11. The molecule has 0 aromatic heterocycles. The number of carbonyl (C=O) groups is 2. The molecule has 0 saturated carbocycles. The van der Waals surface area contributed by atoms with Gasteiger partial charge in [-0.1, -0.05) is 6.07 Å². The first kappa shape index (κ1) is 21.2. The minimum absolute atomic E-state index is 0.0479. The van der Waals surface area contributed by atoms with Gasteiger partial charge in [0.15, 0.2) is 0 Å². The Morgan fingerprint density at radius 3 is 2.43 bits per heavy atom. The second-order valence-corrected chi connectivity index (χ2v) is 6.48. The zero-order chi connectivity index (χ0) is 20.4. The molecule has 0 saturated heterocycles. The van der Waals surface area contributed by atoms with Crippen LogP contribution in [0.4, 0.5) is 11.4 Å². The molecule has 0 radical (unpaired) electrons. The minimum atomic E-state index is -0.207. The molecule has 28 heavy (non-hydrogen) atoms. The first-order valence-electron chi connectivity index (χ1n) is 9.14. The Bertz CT molecular complexity index is 775. The molecule has 0 aliphatic carbocycles. The molecule has 0 unspecified atom stereocenters. The average Bonchev–Trinajstić information content (AvgIpc) is 2.67. The third kappa shape index (κ3) is 7.28. The van der Waals surface area contributed by atoms with Crippen molar-refractivity contribution in [2.45, 2.75) is 19.9 Å². The molecule has 0 aliphatic rings. The number of hydrogen-bond acceptors (Lipinski definition) is 5. The van der Waals surface area contributed by atoms with E-state index in [9.17, 15) is 9.59 Å². The minimum Gasteiger partial charge on any atom is -0.491 e. The summed E-state index contributed by atoms with van der Waals surface area (Å²) in [6.45, 7) is 4.91. The second kappa shape index (κ2) is 10.9. The summed E-state index contributed by atoms with van der Waals surface area (Å²) in [7, 11) is 1.62. The lowest BCUT2D eigenvalue weighted by atomic mass is 10.1. The maximum atomic E-state index is 12.2. The van der Waals surface area contributed by atoms with Crippen molar-refractivity contribution >= 4 is 23.2 Å². The van der Waals surface area contributed by atoms with Gasteiger partial charge < -0.3 is 25.4 Å². The number of ether oxygens (including phenoxy) is 2. The van der Waals surface area contributed by atoms with Gasteiger partial charge in [-0.25, -0.2) is 0 Å². The van der Waals surface area contributed by atoms with Gasteiger partial charge >= 0.3 is 0 Å². The van der Waals surface area contributed by atoms with Gasteiger partial charge in [0.2, 0.25) is 5.91 Å². The number of amides is 2. The fourth-order valence-electron chi connectivity index (χ4n) is 2.38. The fourth-order valence-corrected chi connectivity index (χ4v) is 2.38. The predicted octanol–water partition coefficient (Wildman–Crippen LogP) is 2.90. The number of carbonyl (C=O) groups excluding carboxylic acids is 2. The Kier molecular flexibility index (Phi) is 8.30. The highest BCUT2D eigenvalue weighted by Crippen LogP contribution is 2.16. The van der Waals surface area contributed by atoms with E-state index in [1.807, 2.05) is 38.1 Å². The first-order valence-corrected chi connectivity index (χ1v) is 9.14. The molecule has 0 aliphatic heterocycles. The molecule has 7 nitrogen and oxygen atoms in total. The van der Waals surface area contributed by atoms with Crippen LogP contribution in [0.5, 0.6) is 5.75 Å². The average molecular weight is 385 g/mol. The van der Waals surface area contributed by atoms with E-state index < -0.39 is 0 Å². The summed E-state index contributed by atoms with van der Waals surface area (Å²) in [5.41, 5.74) is 1.88. The van der Waals surface area contributed by atoms with Gasteiger partial charge in [-0.15, -0.1) is 0 Å². The van der Waals surface area contributed by atoms with Crippen molar-refractivity contribution in [1.82, 2.24) is 5.32 Å². The first-order chi connectivity index (χ1) is 13.5. The summed E-state index contributed by atoms with van der Waals surface area (Å²) in [6, 6.07) is 14.2. The Balaban J connectivity index is 1.83. The normalized spacial score (nSPS) is 10.4. The number of nitrogens with one attached hydrogen (secondary N) is 3. The highest BCUT2D eigenvalue weighted by molar-refractivity contribution is 5.98. The van der Waals surface area contributed by atoms with Crippen molar-refractivity contribution in [3.05, 3.63) is 54.1 Å². The van der Waals surface area contributed by atoms with Crippen LogP contribution in [0, 0.1) is 0 Å². The topological polar surface area (TPSA) is 88.7 Å². The third-order valence-corrected chi connectivity index (χ3v) is 3.69. The van der Waals surface area contributed by atoms with Crippen LogP contribution in [0.2, 0.25) is 0 Å². The van der Waals surface area contributed by atoms with Crippen LogP contribution >= 0.6 is 0 Å². The zero-order valence-electron chi connectivity index (χ0n) is 16.5. The van der Waals surface area contributed by atoms with Gasteiger partial charge in [0, 0.05) is 30.1 Å². The Labute approximate surface area is 165 Å². The smallest absolute Gasteiger partial charge is 0.251 e. The van der Waals surface area contributed by atoms with Crippen LogP contribution in [0.25, 0.3) is 0 Å². The van der Waals surface area contributed by atoms with Crippen molar-refractivity contribution < 1.29 is 19.1 Å². The van der Waals surface area contributed by atoms with E-state index in [0.717, 1.165) is 11.4 Å². The highest BCUT2D eigenvalue weighted by Gasteiger charge is 2.09. The van der Waals surface area contributed by atoms with Crippen molar-refractivity contribution in [2.75, 3.05) is 37.5 Å². The van der Waals surface area contributed by atoms with E-state index in [2.05, 4.69) is 16.0 Å². The SMILES string of the molecule is COCCOc1ccc(NCC(=O)Nc2cccc(C(=O)NC(C)C)c2)cc1. The summed E-state index contributed by atoms with van der Waals surface area (Å²) in [5.74, 6) is 0.363. The lowest BCUT2D eigenvalue weighted by molar-refractivity contribution is -0.114. The summed E-state index contributed by atoms with van der Waals surface area (Å²) in [6.07, 6.45) is 0. The predicted molar refractivity (Wildman–Crippen MR) is 110 cm³/mol. The monoisotopic (exact) mass is 385 g/mol. The number of rotatable bonds is 10. The van der Waals surface area contributed by atoms with Gasteiger partial charge in [-0.3, -0.25) is 9.59 Å². The standard InChI is InChI=1S/C21H27N3O4/c1-15(2)23-21(26)16-5-4-6-18(13-16)24-20(25)14-22-17-7-9-19(10-8-17)28-12-11-27-3/h4-10,13,15,22H,11-12,14H2,1-3H3,(H,23,26)(H,24,25). The number of hydrogen-bond donors (Lipinski definition) is 3. The Morgan fingerprint density at radius 1 is 1.00 bits per heavy atom. The van der Waals surface area contributed by atoms with E-state index in [-0.39, 0.29) is 24.4 Å². The Morgan fingerprint density at radius 2 is 1.75 bits per heavy atom. The molecule has 0 atom stereocenters. The third-order valence-electron chi connectivity index (χ3n) is 3.69. The summed E-state index contributed by atoms with van der Waals surface area (Å²) >= 11 is 0. The van der Waals surface area contributed by atoms with Crippen molar-refractivity contribution in [2.24, 2.45) is 0 Å². The van der Waals surface area contributed by atoms with E-state index in [0.29, 0.717) is 24.5 Å². The molecule has 2 rings (SSSR count). The molecular weight excluding hydrogens is 358 g/mol. The van der Waals surface area contributed by atoms with Gasteiger partial charge in [0.05, 0.1) is 13.2 Å². The van der Waals surface area contributed by atoms with Crippen LogP contribution in [-0.2, 0) is 9.53 Å². The molecule has 2 aromatic carbocycles. The summed E-state index contributed by atoms with van der Waals surface area (Å²) in [5, 5.41) is 8.66. The maximum Gasteiger partial charge on any atom is 0.251 e. The van der Waals surface area contributed by atoms with Gasteiger partial charge in [0.25, 0.3) is 5.91 Å². The van der Waals surface area contributed by atoms with Gasteiger partial charge in [-0.05, 0) is 56.3 Å². The van der Waals surface area contributed by atoms with E-state index in [4.69, 9.17) is 9.47 Å². The lowest BCUT2D eigenvalue weighted by Crippen LogP contribution is -2.30. The summed E-state index contributed by atoms with van der Waals surface area (Å²) in [4.78, 5) is 24.2. The molecular formula is C21H27N3O4. The number of anilines is 2. The molecule has 0 fully saturated rings. The quantitative estimate of drug-likeness (QED) is 0.547. The molecule has 0 heterocycles. The van der Waals surface area contributed by atoms with Gasteiger partial charge in [0.1, 0.15) is 12.4 Å². The van der Waals surface area contributed by atoms with E-state index in [1.54, 1.807) is 31.4 Å². The largest absolute Gasteiger partial charge is 0.491 e. The van der Waals surface area contributed by atoms with Crippen LogP contribution in [0.1, 0.15) is 24.2 Å². The molecule has 2 amide bonds. The Hall–Kier alpha value is -3.06. The van der Waals surface area contributed by atoms with Gasteiger partial charge in [-0.2, -0.15) is 0 Å². The number of benzene rings is 2. The second-order valence-electron chi connectivity index (χ2n) is 6.48. The van der Waals surface area contributed by atoms with Crippen molar-refractivity contribution in [3.63, 3.8) is 0 Å². The molecule has 150 valence electrons. The molecule has 0 spiro atoms.